The van der Waals surface area contributed by atoms with E-state index in [2.05, 4.69) is 15.5 Å². The summed E-state index contributed by atoms with van der Waals surface area (Å²) in [5.74, 6) is 0.687. The minimum Gasteiger partial charge on any atom is -0.478 e. The molecule has 0 bridgehead atoms. The number of carbonyl (C=O) groups is 1. The Kier molecular flexibility index (Phi) is 4.53. The van der Waals surface area contributed by atoms with Crippen LogP contribution in [0.2, 0.25) is 0 Å². The van der Waals surface area contributed by atoms with Crippen molar-refractivity contribution in [2.45, 2.75) is 6.92 Å². The van der Waals surface area contributed by atoms with Crippen LogP contribution in [0.4, 0.5) is 5.69 Å². The van der Waals surface area contributed by atoms with Crippen LogP contribution in [0.15, 0.2) is 71.3 Å². The largest absolute Gasteiger partial charge is 0.478 e. The maximum absolute atomic E-state index is 12.6. The van der Waals surface area contributed by atoms with E-state index in [-0.39, 0.29) is 11.6 Å². The molecule has 0 aliphatic carbocycles. The van der Waals surface area contributed by atoms with Gasteiger partial charge in [-0.15, -0.1) is 0 Å². The molecule has 2 aromatic carbocycles. The maximum atomic E-state index is 12.6. The normalized spacial score (nSPS) is 10.7. The van der Waals surface area contributed by atoms with Gasteiger partial charge in [-0.1, -0.05) is 47.6 Å². The van der Waals surface area contributed by atoms with E-state index in [1.165, 1.54) is 0 Å². The van der Waals surface area contributed by atoms with Crippen molar-refractivity contribution < 1.29 is 14.1 Å². The monoisotopic (exact) mass is 359 g/mol. The molecule has 1 amide bonds. The Labute approximate surface area is 155 Å². The van der Waals surface area contributed by atoms with Crippen molar-refractivity contribution in [3.8, 4) is 17.2 Å². The number of nitrogens with zero attached hydrogens (tertiary/aromatic N) is 2. The smallest absolute Gasteiger partial charge is 0.277 e. The third-order valence-electron chi connectivity index (χ3n) is 4.04. The van der Waals surface area contributed by atoms with Gasteiger partial charge >= 0.3 is 0 Å². The van der Waals surface area contributed by atoms with Crippen LogP contribution in [0.25, 0.3) is 22.2 Å². The Morgan fingerprint density at radius 1 is 1.07 bits per heavy atom. The average molecular weight is 359 g/mol. The second kappa shape index (κ2) is 7.29. The van der Waals surface area contributed by atoms with Gasteiger partial charge in [-0.05, 0) is 19.1 Å². The van der Waals surface area contributed by atoms with Gasteiger partial charge in [0.2, 0.25) is 5.88 Å². The molecule has 2 heterocycles. The highest BCUT2D eigenvalue weighted by Crippen LogP contribution is 2.25. The number of ether oxygens (including phenoxy) is 1. The molecule has 2 aromatic heterocycles. The summed E-state index contributed by atoms with van der Waals surface area (Å²) in [6.45, 7) is 2.42. The second-order valence-corrected chi connectivity index (χ2v) is 5.86. The maximum Gasteiger partial charge on any atom is 0.277 e. The molecule has 0 aliphatic rings. The molecule has 6 heteroatoms. The van der Waals surface area contributed by atoms with Gasteiger partial charge in [-0.2, -0.15) is 0 Å². The van der Waals surface area contributed by atoms with E-state index in [4.69, 9.17) is 9.26 Å². The van der Waals surface area contributed by atoms with Gasteiger partial charge in [0, 0.05) is 23.1 Å². The molecule has 1 N–H and O–H groups in total. The summed E-state index contributed by atoms with van der Waals surface area (Å²) < 4.78 is 10.8. The molecule has 0 atom stereocenters. The van der Waals surface area contributed by atoms with Gasteiger partial charge in [0.05, 0.1) is 17.8 Å². The van der Waals surface area contributed by atoms with E-state index in [1.54, 1.807) is 18.2 Å². The molecule has 0 aliphatic heterocycles. The first-order valence-corrected chi connectivity index (χ1v) is 8.60. The lowest BCUT2D eigenvalue weighted by atomic mass is 10.1. The number of para-hydroxylation sites is 1. The average Bonchev–Trinajstić information content (AvgIpc) is 3.20. The number of rotatable bonds is 5. The summed E-state index contributed by atoms with van der Waals surface area (Å²) in [6.07, 6.45) is 0. The third kappa shape index (κ3) is 3.50. The van der Waals surface area contributed by atoms with E-state index in [0.717, 1.165) is 10.9 Å². The second-order valence-electron chi connectivity index (χ2n) is 5.86. The molecule has 0 saturated carbocycles. The summed E-state index contributed by atoms with van der Waals surface area (Å²) in [6, 6.07) is 20.4. The van der Waals surface area contributed by atoms with Crippen LogP contribution in [-0.4, -0.2) is 22.7 Å². The molecular weight excluding hydrogens is 342 g/mol. The molecule has 0 unspecified atom stereocenters. The number of hydrogen-bond acceptors (Lipinski definition) is 5. The first-order valence-electron chi connectivity index (χ1n) is 8.60. The predicted molar refractivity (Wildman–Crippen MR) is 103 cm³/mol. The van der Waals surface area contributed by atoms with Crippen LogP contribution in [-0.2, 0) is 0 Å². The Balaban J connectivity index is 1.61. The Morgan fingerprint density at radius 3 is 2.74 bits per heavy atom. The van der Waals surface area contributed by atoms with Crippen molar-refractivity contribution >= 4 is 22.5 Å². The molecule has 6 nitrogen and oxygen atoms in total. The number of nitrogens with one attached hydrogen (secondary N) is 1. The number of amides is 1. The van der Waals surface area contributed by atoms with E-state index in [0.29, 0.717) is 29.5 Å². The van der Waals surface area contributed by atoms with Gasteiger partial charge in [-0.25, -0.2) is 4.98 Å². The fraction of sp³-hybridized carbons (Fsp3) is 0.0952. The lowest BCUT2D eigenvalue weighted by Gasteiger charge is -2.08. The highest BCUT2D eigenvalue weighted by molar-refractivity contribution is 6.07. The molecule has 0 spiro atoms. The van der Waals surface area contributed by atoms with Crippen molar-refractivity contribution in [1.29, 1.82) is 0 Å². The summed E-state index contributed by atoms with van der Waals surface area (Å²) in [5, 5.41) is 7.64. The first kappa shape index (κ1) is 16.8. The van der Waals surface area contributed by atoms with Crippen LogP contribution >= 0.6 is 0 Å². The lowest BCUT2D eigenvalue weighted by Crippen LogP contribution is -2.12. The number of aromatic nitrogens is 2. The van der Waals surface area contributed by atoms with Crippen molar-refractivity contribution in [3.63, 3.8) is 0 Å². The standard InChI is InChI=1S/C21H17N3O3/c1-2-26-19-12-11-15-9-6-10-16(20(15)23-19)22-21(25)17-13-18(27-24-17)14-7-4-3-5-8-14/h3-13H,2H2,1H3,(H,22,25). The summed E-state index contributed by atoms with van der Waals surface area (Å²) in [7, 11) is 0. The van der Waals surface area contributed by atoms with E-state index in [1.807, 2.05) is 55.5 Å². The fourth-order valence-corrected chi connectivity index (χ4v) is 2.77. The number of pyridine rings is 1. The zero-order valence-electron chi connectivity index (χ0n) is 14.7. The highest BCUT2D eigenvalue weighted by atomic mass is 16.5. The zero-order chi connectivity index (χ0) is 18.6. The minimum absolute atomic E-state index is 0.201. The molecule has 0 radical (unpaired) electrons. The first-order chi connectivity index (χ1) is 13.2. The molecule has 4 rings (SSSR count). The molecular formula is C21H17N3O3. The van der Waals surface area contributed by atoms with Gasteiger partial charge in [-0.3, -0.25) is 4.79 Å². The number of anilines is 1. The van der Waals surface area contributed by atoms with E-state index in [9.17, 15) is 4.79 Å². The van der Waals surface area contributed by atoms with E-state index >= 15 is 0 Å². The Bertz CT molecular complexity index is 1090. The quantitative estimate of drug-likeness (QED) is 0.566. The molecule has 0 fully saturated rings. The van der Waals surface area contributed by atoms with Crippen LogP contribution in [0, 0.1) is 0 Å². The van der Waals surface area contributed by atoms with Crippen LogP contribution < -0.4 is 10.1 Å². The lowest BCUT2D eigenvalue weighted by molar-refractivity contribution is 0.101. The van der Waals surface area contributed by atoms with Crippen LogP contribution in [0.3, 0.4) is 0 Å². The SMILES string of the molecule is CCOc1ccc2cccc(NC(=O)c3cc(-c4ccccc4)on3)c2n1. The number of carbonyl (C=O) groups excluding carboxylic acids is 1. The Morgan fingerprint density at radius 2 is 1.93 bits per heavy atom. The van der Waals surface area contributed by atoms with Gasteiger partial charge in [0.25, 0.3) is 5.91 Å². The van der Waals surface area contributed by atoms with Crippen molar-refractivity contribution in [2.24, 2.45) is 0 Å². The molecule has 27 heavy (non-hydrogen) atoms. The number of fused-ring (bicyclic) bond motifs is 1. The number of hydrogen-bond donors (Lipinski definition) is 1. The zero-order valence-corrected chi connectivity index (χ0v) is 14.7. The molecule has 4 aromatic rings. The fourth-order valence-electron chi connectivity index (χ4n) is 2.77. The molecule has 0 saturated heterocycles. The van der Waals surface area contributed by atoms with Gasteiger partial charge in [0.15, 0.2) is 11.5 Å². The topological polar surface area (TPSA) is 77.2 Å². The highest BCUT2D eigenvalue weighted by Gasteiger charge is 2.15. The van der Waals surface area contributed by atoms with Gasteiger partial charge in [0.1, 0.15) is 0 Å². The van der Waals surface area contributed by atoms with E-state index < -0.39 is 0 Å². The summed E-state index contributed by atoms with van der Waals surface area (Å²) in [5.41, 5.74) is 2.30. The van der Waals surface area contributed by atoms with Gasteiger partial charge < -0.3 is 14.6 Å². The van der Waals surface area contributed by atoms with Crippen LogP contribution in [0.1, 0.15) is 17.4 Å². The Hall–Kier alpha value is -3.67. The molecule has 134 valence electrons. The van der Waals surface area contributed by atoms with Crippen molar-refractivity contribution in [2.75, 3.05) is 11.9 Å². The van der Waals surface area contributed by atoms with Crippen molar-refractivity contribution in [3.05, 3.63) is 72.4 Å². The van der Waals surface area contributed by atoms with Crippen LogP contribution in [0.5, 0.6) is 5.88 Å². The third-order valence-corrected chi connectivity index (χ3v) is 4.04. The summed E-state index contributed by atoms with van der Waals surface area (Å²) >= 11 is 0. The number of benzene rings is 2. The van der Waals surface area contributed by atoms with Crippen molar-refractivity contribution in [1.82, 2.24) is 10.1 Å². The predicted octanol–water partition coefficient (Wildman–Crippen LogP) is 4.54. The minimum atomic E-state index is -0.364. The summed E-state index contributed by atoms with van der Waals surface area (Å²) in [4.78, 5) is 17.1.